The van der Waals surface area contributed by atoms with Gasteiger partial charge in [0, 0.05) is 39.2 Å². The summed E-state index contributed by atoms with van der Waals surface area (Å²) in [5.41, 5.74) is 0.730. The van der Waals surface area contributed by atoms with Crippen LogP contribution in [-0.2, 0) is 9.53 Å². The van der Waals surface area contributed by atoms with E-state index in [-0.39, 0.29) is 23.7 Å². The molecule has 1 aromatic carbocycles. The number of amides is 3. The Morgan fingerprint density at radius 3 is 2.79 bits per heavy atom. The number of nitrogens with zero attached hydrogens (tertiary/aromatic N) is 1. The van der Waals surface area contributed by atoms with Gasteiger partial charge in [-0.25, -0.2) is 9.18 Å². The summed E-state index contributed by atoms with van der Waals surface area (Å²) in [6.07, 6.45) is 0. The molecule has 1 aromatic rings. The normalized spacial score (nSPS) is 20.0. The van der Waals surface area contributed by atoms with Crippen molar-refractivity contribution in [3.05, 3.63) is 35.6 Å². The van der Waals surface area contributed by atoms with Crippen molar-refractivity contribution in [2.24, 2.45) is 5.92 Å². The van der Waals surface area contributed by atoms with Crippen molar-refractivity contribution < 1.29 is 18.7 Å². The van der Waals surface area contributed by atoms with E-state index in [1.165, 1.54) is 12.1 Å². The third-order valence-corrected chi connectivity index (χ3v) is 4.15. The molecular formula is C17H24FN3O3. The first-order valence-electron chi connectivity index (χ1n) is 8.11. The minimum Gasteiger partial charge on any atom is -0.383 e. The molecule has 1 saturated heterocycles. The molecule has 0 spiro atoms. The highest BCUT2D eigenvalue weighted by atomic mass is 19.1. The zero-order valence-electron chi connectivity index (χ0n) is 14.0. The number of carbonyl (C=O) groups excluding carboxylic acids is 2. The molecule has 0 bridgehead atoms. The van der Waals surface area contributed by atoms with Crippen molar-refractivity contribution in [1.29, 1.82) is 0 Å². The van der Waals surface area contributed by atoms with Crippen LogP contribution >= 0.6 is 0 Å². The summed E-state index contributed by atoms with van der Waals surface area (Å²) in [4.78, 5) is 26.2. The van der Waals surface area contributed by atoms with E-state index in [2.05, 4.69) is 10.6 Å². The first-order valence-corrected chi connectivity index (χ1v) is 8.11. The van der Waals surface area contributed by atoms with E-state index in [1.54, 1.807) is 24.1 Å². The van der Waals surface area contributed by atoms with Gasteiger partial charge in [-0.15, -0.1) is 0 Å². The molecule has 6 nitrogen and oxygen atoms in total. The number of nitrogens with one attached hydrogen (secondary N) is 2. The lowest BCUT2D eigenvalue weighted by molar-refractivity contribution is -0.125. The van der Waals surface area contributed by atoms with Gasteiger partial charge in [-0.05, 0) is 24.6 Å². The van der Waals surface area contributed by atoms with Crippen molar-refractivity contribution in [3.63, 3.8) is 0 Å². The Kier molecular flexibility index (Phi) is 6.54. The zero-order valence-corrected chi connectivity index (χ0v) is 14.0. The van der Waals surface area contributed by atoms with Crippen LogP contribution in [0.5, 0.6) is 0 Å². The maximum Gasteiger partial charge on any atom is 0.317 e. The Labute approximate surface area is 141 Å². The van der Waals surface area contributed by atoms with Gasteiger partial charge in [-0.2, -0.15) is 0 Å². The van der Waals surface area contributed by atoms with Crippen LogP contribution in [0.4, 0.5) is 9.18 Å². The first-order chi connectivity index (χ1) is 11.6. The molecule has 0 aromatic heterocycles. The number of carbonyl (C=O) groups is 2. The van der Waals surface area contributed by atoms with Gasteiger partial charge in [0.25, 0.3) is 0 Å². The van der Waals surface area contributed by atoms with Gasteiger partial charge >= 0.3 is 6.03 Å². The third kappa shape index (κ3) is 4.44. The van der Waals surface area contributed by atoms with Crippen molar-refractivity contribution in [2.75, 3.05) is 39.9 Å². The lowest BCUT2D eigenvalue weighted by Crippen LogP contribution is -2.40. The highest BCUT2D eigenvalue weighted by molar-refractivity contribution is 5.82. The van der Waals surface area contributed by atoms with Crippen molar-refractivity contribution in [2.45, 2.75) is 12.8 Å². The molecule has 1 aliphatic heterocycles. The van der Waals surface area contributed by atoms with Crippen LogP contribution in [-0.4, -0.2) is 56.7 Å². The van der Waals surface area contributed by atoms with Crippen LogP contribution < -0.4 is 10.6 Å². The Morgan fingerprint density at radius 2 is 2.12 bits per heavy atom. The maximum absolute atomic E-state index is 13.6. The number of rotatable bonds is 6. The molecule has 7 heteroatoms. The zero-order chi connectivity index (χ0) is 17.5. The Bertz CT molecular complexity index is 582. The monoisotopic (exact) mass is 337 g/mol. The number of hydrogen-bond donors (Lipinski definition) is 2. The second kappa shape index (κ2) is 8.63. The number of likely N-dealkylation sites (tertiary alicyclic amines) is 1. The smallest absolute Gasteiger partial charge is 0.317 e. The lowest BCUT2D eigenvalue weighted by atomic mass is 9.88. The number of benzene rings is 1. The largest absolute Gasteiger partial charge is 0.383 e. The van der Waals surface area contributed by atoms with Gasteiger partial charge in [0.2, 0.25) is 5.91 Å². The predicted octanol–water partition coefficient (Wildman–Crippen LogP) is 1.33. The van der Waals surface area contributed by atoms with Gasteiger partial charge in [-0.1, -0.05) is 12.1 Å². The second-order valence-corrected chi connectivity index (χ2v) is 5.79. The summed E-state index contributed by atoms with van der Waals surface area (Å²) in [6, 6.07) is 6.02. The molecule has 1 heterocycles. The second-order valence-electron chi connectivity index (χ2n) is 5.79. The minimum absolute atomic E-state index is 0.145. The van der Waals surface area contributed by atoms with E-state index in [0.29, 0.717) is 32.8 Å². The highest BCUT2D eigenvalue weighted by Crippen LogP contribution is 2.33. The van der Waals surface area contributed by atoms with Crippen LogP contribution in [0.1, 0.15) is 18.4 Å². The molecule has 3 amide bonds. The fourth-order valence-electron chi connectivity index (χ4n) is 2.98. The predicted molar refractivity (Wildman–Crippen MR) is 88.2 cm³/mol. The van der Waals surface area contributed by atoms with E-state index in [1.807, 2.05) is 6.92 Å². The van der Waals surface area contributed by atoms with Crippen LogP contribution in [0.25, 0.3) is 0 Å². The van der Waals surface area contributed by atoms with Gasteiger partial charge in [0.05, 0.1) is 12.5 Å². The standard InChI is InChI=1S/C17H24FN3O3/c1-3-19-17(23)21-10-14(12-5-4-6-13(18)9-12)15(11-21)16(22)20-7-8-24-2/h4-6,9,14-15H,3,7-8,10-11H2,1-2H3,(H,19,23)(H,20,22). The molecule has 1 aliphatic rings. The molecule has 2 rings (SSSR count). The third-order valence-electron chi connectivity index (χ3n) is 4.15. The van der Waals surface area contributed by atoms with Crippen molar-refractivity contribution in [3.8, 4) is 0 Å². The van der Waals surface area contributed by atoms with Crippen LogP contribution in [0.15, 0.2) is 24.3 Å². The van der Waals surface area contributed by atoms with E-state index in [4.69, 9.17) is 4.74 Å². The average molecular weight is 337 g/mol. The maximum atomic E-state index is 13.6. The van der Waals surface area contributed by atoms with E-state index < -0.39 is 5.92 Å². The van der Waals surface area contributed by atoms with Gasteiger partial charge in [0.15, 0.2) is 0 Å². The molecule has 24 heavy (non-hydrogen) atoms. The van der Waals surface area contributed by atoms with E-state index >= 15 is 0 Å². The summed E-state index contributed by atoms with van der Waals surface area (Å²) in [5.74, 6) is -1.13. The molecule has 132 valence electrons. The average Bonchev–Trinajstić information content (AvgIpc) is 3.01. The minimum atomic E-state index is -0.411. The fourth-order valence-corrected chi connectivity index (χ4v) is 2.98. The Morgan fingerprint density at radius 1 is 1.33 bits per heavy atom. The quantitative estimate of drug-likeness (QED) is 0.770. The number of urea groups is 1. The molecule has 2 N–H and O–H groups in total. The lowest BCUT2D eigenvalue weighted by Gasteiger charge is -2.18. The summed E-state index contributed by atoms with van der Waals surface area (Å²) in [7, 11) is 1.56. The van der Waals surface area contributed by atoms with Crippen LogP contribution in [0.2, 0.25) is 0 Å². The number of ether oxygens (including phenoxy) is 1. The molecular weight excluding hydrogens is 313 g/mol. The number of halogens is 1. The van der Waals surface area contributed by atoms with E-state index in [0.717, 1.165) is 5.56 Å². The molecule has 0 radical (unpaired) electrons. The summed E-state index contributed by atoms with van der Waals surface area (Å²) in [5, 5.41) is 5.56. The number of methoxy groups -OCH3 is 1. The van der Waals surface area contributed by atoms with E-state index in [9.17, 15) is 14.0 Å². The first kappa shape index (κ1) is 18.2. The summed E-state index contributed by atoms with van der Waals surface area (Å²) >= 11 is 0. The fraction of sp³-hybridized carbons (Fsp3) is 0.529. The molecule has 2 unspecified atom stereocenters. The molecule has 2 atom stereocenters. The van der Waals surface area contributed by atoms with Gasteiger partial charge in [0.1, 0.15) is 5.82 Å². The molecule has 1 fully saturated rings. The topological polar surface area (TPSA) is 70.7 Å². The van der Waals surface area contributed by atoms with Gasteiger partial charge < -0.3 is 20.3 Å². The highest BCUT2D eigenvalue weighted by Gasteiger charge is 2.40. The number of hydrogen-bond acceptors (Lipinski definition) is 3. The van der Waals surface area contributed by atoms with Crippen LogP contribution in [0.3, 0.4) is 0 Å². The summed E-state index contributed by atoms with van der Waals surface area (Å²) in [6.45, 7) is 3.88. The Balaban J connectivity index is 2.16. The Hall–Kier alpha value is -2.15. The molecule has 0 aliphatic carbocycles. The van der Waals surface area contributed by atoms with Crippen molar-refractivity contribution >= 4 is 11.9 Å². The van der Waals surface area contributed by atoms with Gasteiger partial charge in [-0.3, -0.25) is 4.79 Å². The van der Waals surface area contributed by atoms with Crippen LogP contribution in [0, 0.1) is 11.7 Å². The summed E-state index contributed by atoms with van der Waals surface area (Å²) < 4.78 is 18.5. The SMILES string of the molecule is CCNC(=O)N1CC(C(=O)NCCOC)C(c2cccc(F)c2)C1. The van der Waals surface area contributed by atoms with Crippen molar-refractivity contribution in [1.82, 2.24) is 15.5 Å². The molecule has 0 saturated carbocycles.